The number of benzene rings is 2. The molecule has 3 amide bonds. The van der Waals surface area contributed by atoms with Crippen LogP contribution in [0.4, 0.5) is 16.2 Å². The van der Waals surface area contributed by atoms with Crippen LogP contribution in [0.25, 0.3) is 0 Å². The lowest BCUT2D eigenvalue weighted by Gasteiger charge is -2.10. The Hall–Kier alpha value is -3.40. The number of aromatic nitrogens is 2. The first-order valence-electron chi connectivity index (χ1n) is 8.42. The molecule has 0 atom stereocenters. The smallest absolute Gasteiger partial charge is 0.323 e. The molecule has 0 saturated heterocycles. The lowest BCUT2D eigenvalue weighted by molar-refractivity contribution is 0.0526. The predicted molar refractivity (Wildman–Crippen MR) is 112 cm³/mol. The summed E-state index contributed by atoms with van der Waals surface area (Å²) in [6.45, 7) is 0. The summed E-state index contributed by atoms with van der Waals surface area (Å²) in [5.74, 6) is -0.0892. The van der Waals surface area contributed by atoms with Crippen molar-refractivity contribution in [2.45, 2.75) is 0 Å². The fraction of sp³-hybridized carbons (Fsp3) is 0.0526. The summed E-state index contributed by atoms with van der Waals surface area (Å²) >= 11 is 11.8. The molecule has 30 heavy (non-hydrogen) atoms. The highest BCUT2D eigenvalue weighted by Crippen LogP contribution is 2.25. The molecule has 3 N–H and O–H groups in total. The van der Waals surface area contributed by atoms with Crippen LogP contribution in [0.2, 0.25) is 10.0 Å². The molecular formula is C19H15Cl2N5O4. The molecule has 0 unspecified atom stereocenters. The van der Waals surface area contributed by atoms with Gasteiger partial charge >= 0.3 is 11.9 Å². The van der Waals surface area contributed by atoms with Crippen molar-refractivity contribution in [2.24, 2.45) is 0 Å². The SMILES string of the molecule is CONC(=O)c1nccc(Oc2ccc(NC(=O)Nc3ccc(Cl)c(Cl)c3)cc2)n1. The summed E-state index contributed by atoms with van der Waals surface area (Å²) in [5, 5.41) is 6.06. The molecule has 0 bridgehead atoms. The second-order valence-corrected chi connectivity index (χ2v) is 6.50. The molecule has 1 aromatic heterocycles. The highest BCUT2D eigenvalue weighted by Gasteiger charge is 2.10. The van der Waals surface area contributed by atoms with Crippen molar-refractivity contribution in [3.63, 3.8) is 0 Å². The highest BCUT2D eigenvalue weighted by atomic mass is 35.5. The number of rotatable bonds is 6. The van der Waals surface area contributed by atoms with Gasteiger partial charge in [0.05, 0.1) is 17.2 Å². The third-order valence-electron chi connectivity index (χ3n) is 3.54. The molecule has 3 aromatic rings. The summed E-state index contributed by atoms with van der Waals surface area (Å²) in [5.41, 5.74) is 3.15. The van der Waals surface area contributed by atoms with Gasteiger partial charge in [-0.05, 0) is 42.5 Å². The Labute approximate surface area is 181 Å². The number of nitrogens with one attached hydrogen (secondary N) is 3. The zero-order valence-corrected chi connectivity index (χ0v) is 17.0. The molecule has 2 aromatic carbocycles. The van der Waals surface area contributed by atoms with Crippen LogP contribution in [-0.2, 0) is 4.84 Å². The Bertz CT molecular complexity index is 1060. The zero-order valence-electron chi connectivity index (χ0n) is 15.5. The lowest BCUT2D eigenvalue weighted by Crippen LogP contribution is -2.24. The summed E-state index contributed by atoms with van der Waals surface area (Å²) in [4.78, 5) is 36.2. The van der Waals surface area contributed by atoms with Crippen LogP contribution >= 0.6 is 23.2 Å². The van der Waals surface area contributed by atoms with Gasteiger partial charge in [-0.2, -0.15) is 4.98 Å². The van der Waals surface area contributed by atoms with Crippen LogP contribution in [0.5, 0.6) is 11.6 Å². The van der Waals surface area contributed by atoms with E-state index in [-0.39, 0.29) is 11.7 Å². The van der Waals surface area contributed by atoms with E-state index in [1.807, 2.05) is 0 Å². The van der Waals surface area contributed by atoms with Gasteiger partial charge in [0.15, 0.2) is 0 Å². The third-order valence-corrected chi connectivity index (χ3v) is 4.28. The van der Waals surface area contributed by atoms with E-state index < -0.39 is 11.9 Å². The number of ether oxygens (including phenoxy) is 1. The van der Waals surface area contributed by atoms with Gasteiger partial charge in [0.2, 0.25) is 11.7 Å². The number of carbonyl (C=O) groups is 2. The van der Waals surface area contributed by atoms with E-state index in [2.05, 4.69) is 30.9 Å². The number of hydroxylamine groups is 1. The first kappa shape index (κ1) is 21.3. The average molecular weight is 448 g/mol. The van der Waals surface area contributed by atoms with Crippen molar-refractivity contribution in [1.29, 1.82) is 0 Å². The number of halogens is 2. The van der Waals surface area contributed by atoms with Gasteiger partial charge in [0.25, 0.3) is 0 Å². The zero-order chi connectivity index (χ0) is 21.5. The maximum absolute atomic E-state index is 12.1. The van der Waals surface area contributed by atoms with Crippen LogP contribution in [0.3, 0.4) is 0 Å². The third kappa shape index (κ3) is 5.80. The van der Waals surface area contributed by atoms with E-state index in [9.17, 15) is 9.59 Å². The predicted octanol–water partition coefficient (Wildman–Crippen LogP) is 4.51. The average Bonchev–Trinajstić information content (AvgIpc) is 2.72. The summed E-state index contributed by atoms with van der Waals surface area (Å²) in [6.07, 6.45) is 1.39. The minimum atomic E-state index is -0.601. The van der Waals surface area contributed by atoms with Crippen LogP contribution in [-0.4, -0.2) is 29.0 Å². The molecule has 1 heterocycles. The van der Waals surface area contributed by atoms with E-state index in [0.29, 0.717) is 27.2 Å². The Kier molecular flexibility index (Phi) is 7.02. The van der Waals surface area contributed by atoms with Crippen molar-refractivity contribution in [3.05, 3.63) is 70.6 Å². The minimum Gasteiger partial charge on any atom is -0.439 e. The van der Waals surface area contributed by atoms with Crippen LogP contribution in [0.1, 0.15) is 10.6 Å². The van der Waals surface area contributed by atoms with Crippen LogP contribution in [0.15, 0.2) is 54.7 Å². The van der Waals surface area contributed by atoms with E-state index in [4.69, 9.17) is 27.9 Å². The molecule has 0 radical (unpaired) electrons. The topological polar surface area (TPSA) is 114 Å². The van der Waals surface area contributed by atoms with E-state index in [1.54, 1.807) is 42.5 Å². The molecule has 0 fully saturated rings. The number of carbonyl (C=O) groups excluding carboxylic acids is 2. The number of hydrogen-bond acceptors (Lipinski definition) is 6. The van der Waals surface area contributed by atoms with E-state index in [0.717, 1.165) is 0 Å². The highest BCUT2D eigenvalue weighted by molar-refractivity contribution is 6.42. The van der Waals surface area contributed by atoms with Crippen molar-refractivity contribution in [3.8, 4) is 11.6 Å². The number of anilines is 2. The van der Waals surface area contributed by atoms with Gasteiger partial charge in [-0.25, -0.2) is 15.3 Å². The monoisotopic (exact) mass is 447 g/mol. The number of nitrogens with zero attached hydrogens (tertiary/aromatic N) is 2. The van der Waals surface area contributed by atoms with Crippen molar-refractivity contribution in [2.75, 3.05) is 17.7 Å². The molecule has 3 rings (SSSR count). The molecule has 9 nitrogen and oxygen atoms in total. The van der Waals surface area contributed by atoms with Crippen molar-refractivity contribution < 1.29 is 19.2 Å². The summed E-state index contributed by atoms with van der Waals surface area (Å²) in [7, 11) is 1.30. The molecule has 0 aliphatic heterocycles. The Morgan fingerprint density at radius 1 is 0.933 bits per heavy atom. The first-order chi connectivity index (χ1) is 14.4. The van der Waals surface area contributed by atoms with Gasteiger partial charge < -0.3 is 15.4 Å². The number of urea groups is 1. The van der Waals surface area contributed by atoms with Gasteiger partial charge in [-0.3, -0.25) is 9.63 Å². The Morgan fingerprint density at radius 2 is 1.63 bits per heavy atom. The minimum absolute atomic E-state index is 0.105. The maximum atomic E-state index is 12.1. The second-order valence-electron chi connectivity index (χ2n) is 5.69. The Morgan fingerprint density at radius 3 is 2.33 bits per heavy atom. The van der Waals surface area contributed by atoms with Crippen molar-refractivity contribution in [1.82, 2.24) is 15.4 Å². The standard InChI is InChI=1S/C19H15Cl2N5O4/c1-29-26-18(27)17-22-9-8-16(25-17)30-13-5-2-11(3-6-13)23-19(28)24-12-4-7-14(20)15(21)10-12/h2-10H,1H3,(H,26,27)(H2,23,24,28). The van der Waals surface area contributed by atoms with Crippen molar-refractivity contribution >= 4 is 46.5 Å². The van der Waals surface area contributed by atoms with Gasteiger partial charge in [0.1, 0.15) is 5.75 Å². The van der Waals surface area contributed by atoms with E-state index >= 15 is 0 Å². The maximum Gasteiger partial charge on any atom is 0.323 e. The fourth-order valence-electron chi connectivity index (χ4n) is 2.24. The second kappa shape index (κ2) is 9.88. The summed E-state index contributed by atoms with van der Waals surface area (Å²) in [6, 6.07) is 12.4. The normalized spacial score (nSPS) is 10.2. The number of amides is 3. The molecule has 0 spiro atoms. The van der Waals surface area contributed by atoms with Crippen LogP contribution < -0.4 is 20.9 Å². The number of hydrogen-bond donors (Lipinski definition) is 3. The van der Waals surface area contributed by atoms with Gasteiger partial charge in [-0.1, -0.05) is 23.2 Å². The van der Waals surface area contributed by atoms with Gasteiger partial charge in [-0.15, -0.1) is 0 Å². The lowest BCUT2D eigenvalue weighted by atomic mass is 10.3. The quantitative estimate of drug-likeness (QED) is 0.478. The van der Waals surface area contributed by atoms with E-state index in [1.165, 1.54) is 19.4 Å². The molecule has 0 saturated carbocycles. The molecule has 0 aliphatic rings. The molecular weight excluding hydrogens is 433 g/mol. The fourth-order valence-corrected chi connectivity index (χ4v) is 2.54. The first-order valence-corrected chi connectivity index (χ1v) is 9.17. The van der Waals surface area contributed by atoms with Crippen LogP contribution in [0, 0.1) is 0 Å². The summed E-state index contributed by atoms with van der Waals surface area (Å²) < 4.78 is 5.60. The molecule has 0 aliphatic carbocycles. The van der Waals surface area contributed by atoms with Gasteiger partial charge in [0, 0.05) is 23.6 Å². The largest absolute Gasteiger partial charge is 0.439 e. The molecule has 11 heteroatoms. The Balaban J connectivity index is 1.59. The molecule has 154 valence electrons.